The van der Waals surface area contributed by atoms with Gasteiger partial charge in [0.15, 0.2) is 5.60 Å². The van der Waals surface area contributed by atoms with E-state index < -0.39 is 5.60 Å². The Morgan fingerprint density at radius 3 is 2.14 bits per heavy atom. The monoisotopic (exact) mass is 294 g/mol. The van der Waals surface area contributed by atoms with Crippen molar-refractivity contribution in [3.63, 3.8) is 0 Å². The summed E-state index contributed by atoms with van der Waals surface area (Å²) in [4.78, 5) is 15.3. The van der Waals surface area contributed by atoms with Crippen LogP contribution in [0.3, 0.4) is 0 Å². The fraction of sp³-hybridized carbons (Fsp3) is 0.941. The molecule has 0 bridgehead atoms. The molecule has 2 atom stereocenters. The van der Waals surface area contributed by atoms with Gasteiger partial charge in [0.2, 0.25) is 0 Å². The lowest BCUT2D eigenvalue weighted by Crippen LogP contribution is -2.67. The van der Waals surface area contributed by atoms with Gasteiger partial charge in [0.05, 0.1) is 0 Å². The minimum absolute atomic E-state index is 0.0354. The number of carbonyl (C=O) groups excluding carboxylic acids is 1. The summed E-state index contributed by atoms with van der Waals surface area (Å²) in [7, 11) is 0. The highest BCUT2D eigenvalue weighted by molar-refractivity contribution is 5.88. The predicted molar refractivity (Wildman–Crippen MR) is 82.9 cm³/mol. The van der Waals surface area contributed by atoms with E-state index in [2.05, 4.69) is 51.8 Å². The molecule has 4 nitrogen and oxygen atoms in total. The number of piperidine rings is 1. The smallest absolute Gasteiger partial charge is 0.254 e. The van der Waals surface area contributed by atoms with E-state index in [1.807, 2.05) is 0 Å². The summed E-state index contributed by atoms with van der Waals surface area (Å²) < 4.78 is 6.51. The van der Waals surface area contributed by atoms with E-state index in [4.69, 9.17) is 4.74 Å². The maximum atomic E-state index is 12.8. The van der Waals surface area contributed by atoms with E-state index in [-0.39, 0.29) is 22.7 Å². The number of amides is 1. The second-order valence-electron chi connectivity index (χ2n) is 8.60. The number of carbonyl (C=O) groups is 1. The van der Waals surface area contributed by atoms with Crippen molar-refractivity contribution in [2.75, 3.05) is 6.54 Å². The Kier molecular flexibility index (Phi) is 3.08. The van der Waals surface area contributed by atoms with Crippen LogP contribution in [0, 0.1) is 5.92 Å². The molecular weight excluding hydrogens is 264 g/mol. The first-order chi connectivity index (χ1) is 9.57. The Bertz CT molecular complexity index is 453. The van der Waals surface area contributed by atoms with Crippen molar-refractivity contribution in [2.45, 2.75) is 89.6 Å². The van der Waals surface area contributed by atoms with Gasteiger partial charge in [-0.05, 0) is 47.1 Å². The minimum atomic E-state index is -0.645. The average Bonchev–Trinajstić information content (AvgIpc) is 2.60. The summed E-state index contributed by atoms with van der Waals surface area (Å²) in [5, 5.41) is 3.21. The van der Waals surface area contributed by atoms with Gasteiger partial charge in [0, 0.05) is 29.8 Å². The van der Waals surface area contributed by atoms with E-state index in [1.54, 1.807) is 0 Å². The molecule has 3 rings (SSSR count). The van der Waals surface area contributed by atoms with Crippen molar-refractivity contribution >= 4 is 5.91 Å². The van der Waals surface area contributed by atoms with Gasteiger partial charge in [-0.2, -0.15) is 0 Å². The van der Waals surface area contributed by atoms with Crippen molar-refractivity contribution in [2.24, 2.45) is 5.92 Å². The third-order valence-electron chi connectivity index (χ3n) is 6.08. The lowest BCUT2D eigenvalue weighted by Gasteiger charge is -2.58. The molecule has 0 aromatic carbocycles. The Morgan fingerprint density at radius 2 is 1.81 bits per heavy atom. The lowest BCUT2D eigenvalue weighted by molar-refractivity contribution is -0.219. The average molecular weight is 294 g/mol. The Morgan fingerprint density at radius 1 is 1.24 bits per heavy atom. The zero-order valence-electron chi connectivity index (χ0n) is 14.4. The number of nitrogens with one attached hydrogen (secondary N) is 1. The van der Waals surface area contributed by atoms with Crippen molar-refractivity contribution in [1.82, 2.24) is 10.2 Å². The molecule has 0 aromatic rings. The molecule has 2 heterocycles. The van der Waals surface area contributed by atoms with Crippen molar-refractivity contribution in [3.05, 3.63) is 0 Å². The molecule has 0 radical (unpaired) electrons. The van der Waals surface area contributed by atoms with Crippen molar-refractivity contribution in [1.29, 1.82) is 0 Å². The second kappa shape index (κ2) is 4.23. The molecule has 2 aliphatic heterocycles. The van der Waals surface area contributed by atoms with E-state index in [9.17, 15) is 4.79 Å². The highest BCUT2D eigenvalue weighted by Crippen LogP contribution is 2.53. The Hall–Kier alpha value is -0.610. The molecule has 0 aromatic heterocycles. The van der Waals surface area contributed by atoms with E-state index in [0.29, 0.717) is 5.92 Å². The van der Waals surface area contributed by atoms with Gasteiger partial charge in [-0.3, -0.25) is 9.69 Å². The third kappa shape index (κ3) is 1.98. The van der Waals surface area contributed by atoms with Crippen LogP contribution in [0.25, 0.3) is 0 Å². The Labute approximate surface area is 128 Å². The van der Waals surface area contributed by atoms with Crippen LogP contribution in [0.4, 0.5) is 0 Å². The molecular formula is C17H30N2O2. The van der Waals surface area contributed by atoms with Gasteiger partial charge in [-0.1, -0.05) is 13.8 Å². The number of nitrogens with zero attached hydrogens (tertiary/aromatic N) is 1. The molecule has 120 valence electrons. The van der Waals surface area contributed by atoms with E-state index >= 15 is 0 Å². The summed E-state index contributed by atoms with van der Waals surface area (Å²) in [6, 6.07) is 0. The molecule has 2 saturated heterocycles. The number of hydrogen-bond donors (Lipinski definition) is 1. The highest BCUT2D eigenvalue weighted by Gasteiger charge is 2.65. The first-order valence-electron chi connectivity index (χ1n) is 8.37. The van der Waals surface area contributed by atoms with Gasteiger partial charge < -0.3 is 10.1 Å². The molecule has 2 unspecified atom stereocenters. The topological polar surface area (TPSA) is 41.6 Å². The normalized spacial score (nSPS) is 40.3. The third-order valence-corrected chi connectivity index (χ3v) is 6.08. The number of hydrogen-bond acceptors (Lipinski definition) is 3. The maximum absolute atomic E-state index is 12.8. The van der Waals surface area contributed by atoms with Gasteiger partial charge in [0.25, 0.3) is 5.91 Å². The van der Waals surface area contributed by atoms with Crippen LogP contribution in [0.15, 0.2) is 0 Å². The standard InChI is InChI=1S/C17H30N2O2/c1-7-19-14(3,4)10-16(11-15(19,5)6)13(20)18-17(21-16)9-8-12(17)2/h12H,7-11H2,1-6H3,(H,18,20). The second-order valence-corrected chi connectivity index (χ2v) is 8.60. The molecule has 2 spiro atoms. The van der Waals surface area contributed by atoms with Gasteiger partial charge in [-0.25, -0.2) is 0 Å². The van der Waals surface area contributed by atoms with Gasteiger partial charge in [0.1, 0.15) is 5.72 Å². The number of rotatable bonds is 1. The molecule has 3 fully saturated rings. The van der Waals surface area contributed by atoms with Crippen LogP contribution in [0.2, 0.25) is 0 Å². The molecule has 1 N–H and O–H groups in total. The van der Waals surface area contributed by atoms with Crippen LogP contribution in [0.1, 0.15) is 67.2 Å². The molecule has 4 heteroatoms. The predicted octanol–water partition coefficient (Wildman–Crippen LogP) is 2.67. The first-order valence-corrected chi connectivity index (χ1v) is 8.37. The van der Waals surface area contributed by atoms with Crippen LogP contribution in [-0.2, 0) is 9.53 Å². The van der Waals surface area contributed by atoms with E-state index in [1.165, 1.54) is 0 Å². The zero-order valence-corrected chi connectivity index (χ0v) is 14.4. The molecule has 3 aliphatic rings. The van der Waals surface area contributed by atoms with E-state index in [0.717, 1.165) is 32.2 Å². The largest absolute Gasteiger partial charge is 0.339 e. The molecule has 21 heavy (non-hydrogen) atoms. The molecule has 1 saturated carbocycles. The SMILES string of the molecule is CCN1C(C)(C)CC2(CC1(C)C)OC1(CCC1C)NC2=O. The van der Waals surface area contributed by atoms with Crippen LogP contribution in [-0.4, -0.2) is 39.8 Å². The lowest BCUT2D eigenvalue weighted by atomic mass is 9.70. The Balaban J connectivity index is 1.94. The van der Waals surface area contributed by atoms with Crippen LogP contribution in [0.5, 0.6) is 0 Å². The van der Waals surface area contributed by atoms with Gasteiger partial charge >= 0.3 is 0 Å². The van der Waals surface area contributed by atoms with Crippen molar-refractivity contribution in [3.8, 4) is 0 Å². The minimum Gasteiger partial charge on any atom is -0.339 e. The molecule has 1 amide bonds. The summed E-state index contributed by atoms with van der Waals surface area (Å²) in [6.45, 7) is 14.3. The highest BCUT2D eigenvalue weighted by atomic mass is 16.6. The summed E-state index contributed by atoms with van der Waals surface area (Å²) in [5.74, 6) is 0.544. The van der Waals surface area contributed by atoms with Crippen molar-refractivity contribution < 1.29 is 9.53 Å². The van der Waals surface area contributed by atoms with Crippen LogP contribution >= 0.6 is 0 Å². The number of likely N-dealkylation sites (tertiary alicyclic amines) is 1. The fourth-order valence-electron chi connectivity index (χ4n) is 5.32. The van der Waals surface area contributed by atoms with Gasteiger partial charge in [-0.15, -0.1) is 0 Å². The number of ether oxygens (including phenoxy) is 1. The fourth-order valence-corrected chi connectivity index (χ4v) is 5.32. The molecule has 1 aliphatic carbocycles. The summed E-state index contributed by atoms with van der Waals surface area (Å²) in [6.07, 6.45) is 3.65. The summed E-state index contributed by atoms with van der Waals surface area (Å²) >= 11 is 0. The first kappa shape index (κ1) is 15.3. The van der Waals surface area contributed by atoms with Crippen LogP contribution < -0.4 is 5.32 Å². The quantitative estimate of drug-likeness (QED) is 0.808. The summed E-state index contributed by atoms with van der Waals surface area (Å²) in [5.41, 5.74) is -1.09. The zero-order chi connectivity index (χ0) is 15.7. The maximum Gasteiger partial charge on any atom is 0.254 e.